The average molecular weight is 195 g/mol. The fourth-order valence-electron chi connectivity index (χ4n) is 0.875. The van der Waals surface area contributed by atoms with Crippen LogP contribution in [-0.4, -0.2) is 22.1 Å². The molecule has 0 bridgehead atoms. The van der Waals surface area contributed by atoms with Gasteiger partial charge in [-0.25, -0.2) is 14.6 Å². The molecular weight excluding hydrogens is 186 g/mol. The summed E-state index contributed by atoms with van der Waals surface area (Å²) >= 11 is 0. The molecule has 0 aliphatic heterocycles. The van der Waals surface area contributed by atoms with E-state index in [9.17, 15) is 9.59 Å². The molecule has 0 fully saturated rings. The Balaban J connectivity index is 2.73. The van der Waals surface area contributed by atoms with E-state index in [1.165, 1.54) is 6.07 Å². The van der Waals surface area contributed by atoms with Gasteiger partial charge in [-0.05, 0) is 12.1 Å². The van der Waals surface area contributed by atoms with Gasteiger partial charge in [-0.2, -0.15) is 0 Å². The molecular formula is C8H9N3O3. The van der Waals surface area contributed by atoms with Crippen LogP contribution >= 0.6 is 0 Å². The van der Waals surface area contributed by atoms with Crippen LogP contribution in [0.15, 0.2) is 18.2 Å². The van der Waals surface area contributed by atoms with Gasteiger partial charge in [-0.1, -0.05) is 6.07 Å². The molecule has 14 heavy (non-hydrogen) atoms. The van der Waals surface area contributed by atoms with Crippen LogP contribution in [-0.2, 0) is 6.54 Å². The molecule has 4 N–H and O–H groups in total. The summed E-state index contributed by atoms with van der Waals surface area (Å²) in [5.41, 5.74) is 5.23. The molecule has 0 radical (unpaired) electrons. The highest BCUT2D eigenvalue weighted by atomic mass is 16.4. The van der Waals surface area contributed by atoms with E-state index in [1.807, 2.05) is 0 Å². The molecule has 0 aliphatic rings. The van der Waals surface area contributed by atoms with Crippen LogP contribution in [0.1, 0.15) is 16.2 Å². The SMILES string of the molecule is NC(=O)NCc1cccc(C(=O)O)n1. The number of primary amides is 1. The van der Waals surface area contributed by atoms with Crippen molar-refractivity contribution in [1.29, 1.82) is 0 Å². The minimum Gasteiger partial charge on any atom is -0.477 e. The molecule has 0 saturated carbocycles. The largest absolute Gasteiger partial charge is 0.477 e. The summed E-state index contributed by atoms with van der Waals surface area (Å²) in [5, 5.41) is 10.9. The Morgan fingerprint density at radius 3 is 2.79 bits per heavy atom. The quantitative estimate of drug-likeness (QED) is 0.628. The number of nitrogens with two attached hydrogens (primary N) is 1. The van der Waals surface area contributed by atoms with Gasteiger partial charge in [0.15, 0.2) is 0 Å². The Kier molecular flexibility index (Phi) is 3.01. The zero-order chi connectivity index (χ0) is 10.6. The summed E-state index contributed by atoms with van der Waals surface area (Å²) in [6, 6.07) is 3.85. The number of carboxylic acids is 1. The number of pyridine rings is 1. The van der Waals surface area contributed by atoms with E-state index in [0.717, 1.165) is 0 Å². The number of aromatic nitrogens is 1. The van der Waals surface area contributed by atoms with Crippen LogP contribution in [0.3, 0.4) is 0 Å². The first-order valence-corrected chi connectivity index (χ1v) is 3.82. The number of hydrogen-bond acceptors (Lipinski definition) is 3. The fourth-order valence-corrected chi connectivity index (χ4v) is 0.875. The highest BCUT2D eigenvalue weighted by Gasteiger charge is 2.04. The van der Waals surface area contributed by atoms with E-state index < -0.39 is 12.0 Å². The molecule has 1 heterocycles. The summed E-state index contributed by atoms with van der Waals surface area (Å²) in [4.78, 5) is 24.6. The second kappa shape index (κ2) is 4.22. The van der Waals surface area contributed by atoms with E-state index in [-0.39, 0.29) is 12.2 Å². The lowest BCUT2D eigenvalue weighted by Crippen LogP contribution is -2.29. The molecule has 6 nitrogen and oxygen atoms in total. The third kappa shape index (κ3) is 2.74. The molecule has 1 aromatic heterocycles. The number of carboxylic acid groups (broad SMARTS) is 1. The molecule has 2 amide bonds. The van der Waals surface area contributed by atoms with Crippen molar-refractivity contribution in [2.45, 2.75) is 6.54 Å². The van der Waals surface area contributed by atoms with Crippen molar-refractivity contribution in [1.82, 2.24) is 10.3 Å². The Morgan fingerprint density at radius 1 is 1.50 bits per heavy atom. The summed E-state index contributed by atoms with van der Waals surface area (Å²) in [7, 11) is 0. The van der Waals surface area contributed by atoms with Crippen LogP contribution in [0.5, 0.6) is 0 Å². The zero-order valence-corrected chi connectivity index (χ0v) is 7.23. The lowest BCUT2D eigenvalue weighted by atomic mass is 10.3. The van der Waals surface area contributed by atoms with Crippen molar-refractivity contribution in [3.8, 4) is 0 Å². The van der Waals surface area contributed by atoms with Crippen LogP contribution < -0.4 is 11.1 Å². The molecule has 6 heteroatoms. The van der Waals surface area contributed by atoms with Gasteiger partial charge in [-0.3, -0.25) is 0 Å². The number of urea groups is 1. The summed E-state index contributed by atoms with van der Waals surface area (Å²) < 4.78 is 0. The Morgan fingerprint density at radius 2 is 2.21 bits per heavy atom. The van der Waals surface area contributed by atoms with Gasteiger partial charge >= 0.3 is 12.0 Å². The van der Waals surface area contributed by atoms with Crippen LogP contribution in [0.2, 0.25) is 0 Å². The second-order valence-electron chi connectivity index (χ2n) is 2.54. The minimum atomic E-state index is -1.11. The smallest absolute Gasteiger partial charge is 0.354 e. The number of carbonyl (C=O) groups is 2. The highest BCUT2D eigenvalue weighted by Crippen LogP contribution is 1.98. The fraction of sp³-hybridized carbons (Fsp3) is 0.125. The second-order valence-corrected chi connectivity index (χ2v) is 2.54. The number of carbonyl (C=O) groups excluding carboxylic acids is 1. The molecule has 1 rings (SSSR count). The number of nitrogens with zero attached hydrogens (tertiary/aromatic N) is 1. The topological polar surface area (TPSA) is 105 Å². The Labute approximate surface area is 79.8 Å². The van der Waals surface area contributed by atoms with E-state index >= 15 is 0 Å². The van der Waals surface area contributed by atoms with Crippen LogP contribution in [0.4, 0.5) is 4.79 Å². The number of hydrogen-bond donors (Lipinski definition) is 3. The van der Waals surface area contributed by atoms with Crippen molar-refractivity contribution in [3.05, 3.63) is 29.6 Å². The highest BCUT2D eigenvalue weighted by molar-refractivity contribution is 5.85. The molecule has 0 aliphatic carbocycles. The maximum Gasteiger partial charge on any atom is 0.354 e. The van der Waals surface area contributed by atoms with Crippen molar-refractivity contribution in [2.24, 2.45) is 5.73 Å². The molecule has 1 aromatic rings. The van der Waals surface area contributed by atoms with Gasteiger partial charge in [0.05, 0.1) is 12.2 Å². The van der Waals surface area contributed by atoms with E-state index in [0.29, 0.717) is 5.69 Å². The molecule has 0 aromatic carbocycles. The van der Waals surface area contributed by atoms with Crippen LogP contribution in [0.25, 0.3) is 0 Å². The van der Waals surface area contributed by atoms with Gasteiger partial charge in [-0.15, -0.1) is 0 Å². The number of nitrogens with one attached hydrogen (secondary N) is 1. The van der Waals surface area contributed by atoms with Gasteiger partial charge in [0.1, 0.15) is 5.69 Å². The van der Waals surface area contributed by atoms with Crippen LogP contribution in [0, 0.1) is 0 Å². The Bertz CT molecular complexity index is 365. The first-order chi connectivity index (χ1) is 6.59. The van der Waals surface area contributed by atoms with E-state index in [1.54, 1.807) is 12.1 Å². The molecule has 74 valence electrons. The monoisotopic (exact) mass is 195 g/mol. The first-order valence-electron chi connectivity index (χ1n) is 3.82. The van der Waals surface area contributed by atoms with Gasteiger partial charge in [0.25, 0.3) is 0 Å². The normalized spacial score (nSPS) is 9.43. The maximum absolute atomic E-state index is 10.5. The van der Waals surface area contributed by atoms with E-state index in [2.05, 4.69) is 10.3 Å². The lowest BCUT2D eigenvalue weighted by molar-refractivity contribution is 0.0690. The van der Waals surface area contributed by atoms with Crippen molar-refractivity contribution in [2.75, 3.05) is 0 Å². The summed E-state index contributed by atoms with van der Waals surface area (Å²) in [5.74, 6) is -1.11. The number of aromatic carboxylic acids is 1. The van der Waals surface area contributed by atoms with Gasteiger partial charge in [0.2, 0.25) is 0 Å². The average Bonchev–Trinajstić information content (AvgIpc) is 2.15. The lowest BCUT2D eigenvalue weighted by Gasteiger charge is -2.01. The predicted octanol–water partition coefficient (Wildman–Crippen LogP) is -0.0519. The zero-order valence-electron chi connectivity index (χ0n) is 7.23. The van der Waals surface area contributed by atoms with Gasteiger partial charge < -0.3 is 16.2 Å². The predicted molar refractivity (Wildman–Crippen MR) is 47.6 cm³/mol. The third-order valence-electron chi connectivity index (χ3n) is 1.47. The van der Waals surface area contributed by atoms with Crippen molar-refractivity contribution in [3.63, 3.8) is 0 Å². The molecule has 0 spiro atoms. The first kappa shape index (κ1) is 9.97. The van der Waals surface area contributed by atoms with E-state index in [4.69, 9.17) is 10.8 Å². The summed E-state index contributed by atoms with van der Waals surface area (Å²) in [6.07, 6.45) is 0. The molecule has 0 unspecified atom stereocenters. The molecule has 0 atom stereocenters. The Hall–Kier alpha value is -2.11. The minimum absolute atomic E-state index is 0.0613. The standard InChI is InChI=1S/C8H9N3O3/c9-8(14)10-4-5-2-1-3-6(11-5)7(12)13/h1-3H,4H2,(H,12,13)(H3,9,10,14). The number of amides is 2. The van der Waals surface area contributed by atoms with Crippen molar-refractivity contribution < 1.29 is 14.7 Å². The van der Waals surface area contributed by atoms with Crippen molar-refractivity contribution >= 4 is 12.0 Å². The maximum atomic E-state index is 10.5. The summed E-state index contributed by atoms with van der Waals surface area (Å²) in [6.45, 7) is 0.121. The third-order valence-corrected chi connectivity index (χ3v) is 1.47. The molecule has 0 saturated heterocycles. The number of rotatable bonds is 3. The van der Waals surface area contributed by atoms with Gasteiger partial charge in [0, 0.05) is 0 Å².